The maximum absolute atomic E-state index is 12.5. The highest BCUT2D eigenvalue weighted by atomic mass is 32.1. The van der Waals surface area contributed by atoms with Gasteiger partial charge in [-0.05, 0) is 30.9 Å². The third-order valence-corrected chi connectivity index (χ3v) is 5.35. The van der Waals surface area contributed by atoms with Crippen LogP contribution in [-0.4, -0.2) is 43.4 Å². The van der Waals surface area contributed by atoms with Gasteiger partial charge in [0.15, 0.2) is 5.82 Å². The molecule has 1 amide bonds. The van der Waals surface area contributed by atoms with Gasteiger partial charge in [-0.15, -0.1) is 11.3 Å². The van der Waals surface area contributed by atoms with E-state index in [0.29, 0.717) is 6.54 Å². The van der Waals surface area contributed by atoms with Gasteiger partial charge in [-0.1, -0.05) is 6.07 Å². The molecule has 1 atom stereocenters. The van der Waals surface area contributed by atoms with Crippen LogP contribution >= 0.6 is 11.3 Å². The van der Waals surface area contributed by atoms with Gasteiger partial charge in [-0.3, -0.25) is 4.79 Å². The first kappa shape index (κ1) is 16.0. The van der Waals surface area contributed by atoms with Gasteiger partial charge in [0.25, 0.3) is 5.91 Å². The third-order valence-electron chi connectivity index (χ3n) is 4.49. The van der Waals surface area contributed by atoms with Crippen molar-refractivity contribution in [2.75, 3.05) is 13.1 Å². The molecule has 0 unspecified atom stereocenters. The average Bonchev–Trinajstić information content (AvgIpc) is 3.35. The maximum Gasteiger partial charge on any atom is 0.263 e. The molecule has 0 bridgehead atoms. The Morgan fingerprint density at radius 3 is 2.96 bits per heavy atom. The summed E-state index contributed by atoms with van der Waals surface area (Å²) in [6.45, 7) is 3.39. The first-order chi connectivity index (χ1) is 12.1. The van der Waals surface area contributed by atoms with E-state index in [1.165, 1.54) is 11.3 Å². The smallest absolute Gasteiger partial charge is 0.263 e. The number of thiophene rings is 1. The topological polar surface area (TPSA) is 63.9 Å². The fraction of sp³-hybridized carbons (Fsp3) is 0.333. The number of imidazole rings is 1. The van der Waals surface area contributed by atoms with Crippen molar-refractivity contribution in [3.05, 3.63) is 52.4 Å². The zero-order valence-electron chi connectivity index (χ0n) is 14.2. The van der Waals surface area contributed by atoms with Gasteiger partial charge in [0.2, 0.25) is 0 Å². The van der Waals surface area contributed by atoms with Crippen molar-refractivity contribution in [1.29, 1.82) is 0 Å². The van der Waals surface area contributed by atoms with Crippen LogP contribution in [0, 0.1) is 6.92 Å². The summed E-state index contributed by atoms with van der Waals surface area (Å²) in [5.41, 5.74) is 1.75. The summed E-state index contributed by atoms with van der Waals surface area (Å²) in [4.78, 5) is 29.0. The van der Waals surface area contributed by atoms with E-state index in [0.717, 1.165) is 40.9 Å². The molecule has 7 heteroatoms. The van der Waals surface area contributed by atoms with Crippen LogP contribution in [0.4, 0.5) is 0 Å². The van der Waals surface area contributed by atoms with E-state index in [9.17, 15) is 4.79 Å². The predicted molar refractivity (Wildman–Crippen MR) is 96.6 cm³/mol. The molecule has 4 heterocycles. The van der Waals surface area contributed by atoms with Gasteiger partial charge in [0.05, 0.1) is 4.88 Å². The number of amides is 1. The van der Waals surface area contributed by atoms with Gasteiger partial charge < -0.3 is 9.47 Å². The van der Waals surface area contributed by atoms with Crippen molar-refractivity contribution in [3.63, 3.8) is 0 Å². The quantitative estimate of drug-likeness (QED) is 0.726. The summed E-state index contributed by atoms with van der Waals surface area (Å²) < 4.78 is 1.95. The molecular formula is C18H19N5OS. The highest BCUT2D eigenvalue weighted by Crippen LogP contribution is 2.28. The first-order valence-corrected chi connectivity index (χ1v) is 9.16. The number of carbonyl (C=O) groups is 1. The van der Waals surface area contributed by atoms with Gasteiger partial charge in [0, 0.05) is 44.1 Å². The number of nitrogens with zero attached hydrogens (tertiary/aromatic N) is 5. The van der Waals surface area contributed by atoms with E-state index in [4.69, 9.17) is 4.98 Å². The highest BCUT2D eigenvalue weighted by Gasteiger charge is 2.30. The Morgan fingerprint density at radius 2 is 2.24 bits per heavy atom. The Morgan fingerprint density at radius 1 is 1.36 bits per heavy atom. The molecule has 6 nitrogen and oxygen atoms in total. The second-order valence-corrected chi connectivity index (χ2v) is 7.28. The average molecular weight is 353 g/mol. The van der Waals surface area contributed by atoms with Gasteiger partial charge >= 0.3 is 0 Å². The van der Waals surface area contributed by atoms with Crippen LogP contribution in [0.1, 0.15) is 33.5 Å². The Balaban J connectivity index is 1.58. The summed E-state index contributed by atoms with van der Waals surface area (Å²) >= 11 is 1.49. The molecule has 0 aromatic carbocycles. The van der Waals surface area contributed by atoms with E-state index in [1.54, 1.807) is 6.20 Å². The fourth-order valence-corrected chi connectivity index (χ4v) is 3.90. The van der Waals surface area contributed by atoms with Crippen LogP contribution in [0.5, 0.6) is 0 Å². The van der Waals surface area contributed by atoms with Gasteiger partial charge in [0.1, 0.15) is 11.5 Å². The molecule has 0 spiro atoms. The van der Waals surface area contributed by atoms with Crippen LogP contribution in [0.2, 0.25) is 0 Å². The Bertz CT molecular complexity index is 902. The number of hydrogen-bond acceptors (Lipinski definition) is 5. The molecular weight excluding hydrogens is 334 g/mol. The van der Waals surface area contributed by atoms with Crippen LogP contribution in [0.15, 0.2) is 36.0 Å². The standard InChI is InChI=1S/C18H19N5OS/c1-12-10-14(17-19-6-8-22(17)2)21-16(20-12)13-5-7-23(11-13)18(24)15-4-3-9-25-15/h3-4,6,8-10,13H,5,7,11H2,1-2H3/t13-/m0/s1. The Kier molecular flexibility index (Phi) is 4.09. The largest absolute Gasteiger partial charge is 0.337 e. The molecule has 3 aromatic rings. The lowest BCUT2D eigenvalue weighted by molar-refractivity contribution is 0.0795. The number of hydrogen-bond donors (Lipinski definition) is 0. The van der Waals surface area contributed by atoms with Crippen molar-refractivity contribution in [3.8, 4) is 11.5 Å². The summed E-state index contributed by atoms with van der Waals surface area (Å²) in [7, 11) is 1.95. The minimum absolute atomic E-state index is 0.106. The zero-order chi connectivity index (χ0) is 17.4. The minimum atomic E-state index is 0.106. The van der Waals surface area contributed by atoms with E-state index >= 15 is 0 Å². The van der Waals surface area contributed by atoms with Crippen LogP contribution in [0.25, 0.3) is 11.5 Å². The lowest BCUT2D eigenvalue weighted by atomic mass is 10.1. The first-order valence-electron chi connectivity index (χ1n) is 8.28. The molecule has 1 aliphatic rings. The maximum atomic E-state index is 12.5. The molecule has 128 valence electrons. The molecule has 1 fully saturated rings. The van der Waals surface area contributed by atoms with E-state index in [1.807, 2.05) is 53.2 Å². The number of aromatic nitrogens is 4. The highest BCUT2D eigenvalue weighted by molar-refractivity contribution is 7.12. The molecule has 25 heavy (non-hydrogen) atoms. The molecule has 0 saturated carbocycles. The van der Waals surface area contributed by atoms with E-state index in [-0.39, 0.29) is 11.8 Å². The monoisotopic (exact) mass is 353 g/mol. The molecule has 1 aliphatic heterocycles. The van der Waals surface area contributed by atoms with Crippen LogP contribution in [0.3, 0.4) is 0 Å². The number of carbonyl (C=O) groups excluding carboxylic acids is 1. The molecule has 0 aliphatic carbocycles. The summed E-state index contributed by atoms with van der Waals surface area (Å²) in [6, 6.07) is 5.74. The van der Waals surface area contributed by atoms with E-state index in [2.05, 4.69) is 9.97 Å². The summed E-state index contributed by atoms with van der Waals surface area (Å²) in [5, 5.41) is 1.93. The normalized spacial score (nSPS) is 17.2. The summed E-state index contributed by atoms with van der Waals surface area (Å²) in [5.74, 6) is 1.91. The van der Waals surface area contributed by atoms with Crippen molar-refractivity contribution in [2.24, 2.45) is 7.05 Å². The number of rotatable bonds is 3. The number of likely N-dealkylation sites (tertiary alicyclic amines) is 1. The lowest BCUT2D eigenvalue weighted by Gasteiger charge is -2.15. The van der Waals surface area contributed by atoms with Crippen molar-refractivity contribution in [1.82, 2.24) is 24.4 Å². The van der Waals surface area contributed by atoms with E-state index < -0.39 is 0 Å². The van der Waals surface area contributed by atoms with Gasteiger partial charge in [-0.2, -0.15) is 0 Å². The molecule has 3 aromatic heterocycles. The molecule has 1 saturated heterocycles. The zero-order valence-corrected chi connectivity index (χ0v) is 15.0. The fourth-order valence-electron chi connectivity index (χ4n) is 3.21. The third kappa shape index (κ3) is 3.07. The Hall–Kier alpha value is -2.54. The lowest BCUT2D eigenvalue weighted by Crippen LogP contribution is -2.28. The SMILES string of the molecule is Cc1cc(-c2nccn2C)nc([C@H]2CCN(C(=O)c3cccs3)C2)n1. The second kappa shape index (κ2) is 6.40. The second-order valence-electron chi connectivity index (χ2n) is 6.33. The number of aryl methyl sites for hydroxylation is 2. The summed E-state index contributed by atoms with van der Waals surface area (Å²) in [6.07, 6.45) is 4.56. The van der Waals surface area contributed by atoms with Crippen LogP contribution in [-0.2, 0) is 7.05 Å². The minimum Gasteiger partial charge on any atom is -0.337 e. The van der Waals surface area contributed by atoms with Crippen molar-refractivity contribution < 1.29 is 4.79 Å². The van der Waals surface area contributed by atoms with Crippen LogP contribution < -0.4 is 0 Å². The molecule has 0 radical (unpaired) electrons. The van der Waals surface area contributed by atoms with Gasteiger partial charge in [-0.25, -0.2) is 15.0 Å². The molecule has 4 rings (SSSR count). The predicted octanol–water partition coefficient (Wildman–Crippen LogP) is 2.88. The van der Waals surface area contributed by atoms with Crippen molar-refractivity contribution in [2.45, 2.75) is 19.3 Å². The molecule has 0 N–H and O–H groups in total. The Labute approximate surface area is 150 Å². The van der Waals surface area contributed by atoms with Crippen molar-refractivity contribution >= 4 is 17.2 Å².